The molecule has 0 atom stereocenters. The van der Waals surface area contributed by atoms with E-state index >= 15 is 0 Å². The number of hydrogen-bond donors (Lipinski definition) is 2. The average molecular weight is 453 g/mol. The largest absolute Gasteiger partial charge is 0.352 e. The summed E-state index contributed by atoms with van der Waals surface area (Å²) in [6.45, 7) is 5.58. The first-order chi connectivity index (χ1) is 11.7. The lowest BCUT2D eigenvalue weighted by atomic mass is 10.1. The highest BCUT2D eigenvalue weighted by Crippen LogP contribution is 2.07. The molecule has 1 heterocycles. The van der Waals surface area contributed by atoms with Crippen molar-refractivity contribution in [2.24, 2.45) is 4.99 Å². The molecule has 0 bridgehead atoms. The topological polar surface area (TPSA) is 52.5 Å². The van der Waals surface area contributed by atoms with Crippen molar-refractivity contribution in [1.29, 1.82) is 0 Å². The fourth-order valence-electron chi connectivity index (χ4n) is 2.34. The maximum Gasteiger partial charge on any atom is 0.191 e. The number of halogens is 1. The summed E-state index contributed by atoms with van der Waals surface area (Å²) in [5.74, 6) is 0.775. The smallest absolute Gasteiger partial charge is 0.191 e. The zero-order valence-corrected chi connectivity index (χ0v) is 17.5. The fraction of sp³-hybridized carbons (Fsp3) is 0.368. The van der Waals surface area contributed by atoms with Gasteiger partial charge >= 0.3 is 0 Å². The predicted octanol–water partition coefficient (Wildman–Crippen LogP) is 3.02. The third-order valence-electron chi connectivity index (χ3n) is 3.83. The summed E-state index contributed by atoms with van der Waals surface area (Å²) in [6, 6.07) is 14.6. The fourth-order valence-corrected chi connectivity index (χ4v) is 2.34. The molecule has 0 saturated heterocycles. The van der Waals surface area contributed by atoms with Crippen LogP contribution in [0.1, 0.15) is 23.7 Å². The Bertz CT molecular complexity index is 645. The molecule has 0 unspecified atom stereocenters. The molecule has 0 fully saturated rings. The van der Waals surface area contributed by atoms with E-state index in [1.807, 2.05) is 18.2 Å². The summed E-state index contributed by atoms with van der Waals surface area (Å²) >= 11 is 0. The lowest BCUT2D eigenvalue weighted by Crippen LogP contribution is -2.36. The van der Waals surface area contributed by atoms with E-state index < -0.39 is 0 Å². The van der Waals surface area contributed by atoms with Crippen LogP contribution < -0.4 is 10.6 Å². The number of nitrogens with one attached hydrogen (secondary N) is 2. The van der Waals surface area contributed by atoms with Crippen LogP contribution >= 0.6 is 24.0 Å². The lowest BCUT2D eigenvalue weighted by molar-refractivity contribution is 0.345. The molecule has 5 nitrogen and oxygen atoms in total. The molecule has 1 aromatic carbocycles. The molecule has 25 heavy (non-hydrogen) atoms. The molecule has 1 aromatic heterocycles. The SMILES string of the molecule is CCN(C)Cc1cccc(CNC(=NC)NCc2ccccn2)c1.I. The van der Waals surface area contributed by atoms with Gasteiger partial charge in [0, 0.05) is 26.3 Å². The number of rotatable bonds is 7. The maximum atomic E-state index is 4.30. The maximum absolute atomic E-state index is 4.30. The Hall–Kier alpha value is -1.67. The van der Waals surface area contributed by atoms with Crippen molar-refractivity contribution >= 4 is 29.9 Å². The first kappa shape index (κ1) is 21.4. The monoisotopic (exact) mass is 453 g/mol. The number of pyridine rings is 1. The van der Waals surface area contributed by atoms with Gasteiger partial charge in [0.1, 0.15) is 0 Å². The second kappa shape index (κ2) is 11.8. The van der Waals surface area contributed by atoms with Gasteiger partial charge < -0.3 is 15.5 Å². The molecule has 0 aliphatic heterocycles. The number of aliphatic imine (C=N–C) groups is 1. The minimum atomic E-state index is 0. The van der Waals surface area contributed by atoms with E-state index in [-0.39, 0.29) is 24.0 Å². The van der Waals surface area contributed by atoms with Gasteiger partial charge in [-0.15, -0.1) is 24.0 Å². The Labute approximate surface area is 168 Å². The average Bonchev–Trinajstić information content (AvgIpc) is 2.63. The Kier molecular flexibility index (Phi) is 10.1. The summed E-state index contributed by atoms with van der Waals surface area (Å²) < 4.78 is 0. The molecular weight excluding hydrogens is 425 g/mol. The van der Waals surface area contributed by atoms with Crippen LogP contribution in [0.5, 0.6) is 0 Å². The summed E-state index contributed by atoms with van der Waals surface area (Å²) in [5.41, 5.74) is 3.57. The van der Waals surface area contributed by atoms with Crippen LogP contribution in [0, 0.1) is 0 Å². The molecular formula is C19H28IN5. The number of benzene rings is 1. The predicted molar refractivity (Wildman–Crippen MR) is 115 cm³/mol. The normalized spacial score (nSPS) is 11.1. The quantitative estimate of drug-likeness (QED) is 0.385. The van der Waals surface area contributed by atoms with E-state index in [1.165, 1.54) is 11.1 Å². The molecule has 2 aromatic rings. The van der Waals surface area contributed by atoms with E-state index in [4.69, 9.17) is 0 Å². The first-order valence-electron chi connectivity index (χ1n) is 8.32. The summed E-state index contributed by atoms with van der Waals surface area (Å²) in [7, 11) is 3.91. The second-order valence-electron chi connectivity index (χ2n) is 5.75. The van der Waals surface area contributed by atoms with Crippen molar-refractivity contribution in [2.75, 3.05) is 20.6 Å². The van der Waals surface area contributed by atoms with Crippen molar-refractivity contribution < 1.29 is 0 Å². The third-order valence-corrected chi connectivity index (χ3v) is 3.83. The molecule has 0 saturated carbocycles. The molecule has 0 aliphatic carbocycles. The standard InChI is InChI=1S/C19H27N5.HI/c1-4-24(3)15-17-9-7-8-16(12-17)13-22-19(20-2)23-14-18-10-5-6-11-21-18;/h5-12H,4,13-15H2,1-3H3,(H2,20,22,23);1H. The minimum absolute atomic E-state index is 0. The van der Waals surface area contributed by atoms with Crippen molar-refractivity contribution in [2.45, 2.75) is 26.6 Å². The van der Waals surface area contributed by atoms with Crippen LogP contribution in [-0.2, 0) is 19.6 Å². The van der Waals surface area contributed by atoms with Gasteiger partial charge in [-0.25, -0.2) is 0 Å². The van der Waals surface area contributed by atoms with E-state index in [0.29, 0.717) is 6.54 Å². The molecule has 0 amide bonds. The number of guanidine groups is 1. The molecule has 6 heteroatoms. The Morgan fingerprint density at radius 3 is 2.52 bits per heavy atom. The Morgan fingerprint density at radius 2 is 1.84 bits per heavy atom. The minimum Gasteiger partial charge on any atom is -0.352 e. The van der Waals surface area contributed by atoms with E-state index in [9.17, 15) is 0 Å². The van der Waals surface area contributed by atoms with Gasteiger partial charge in [-0.3, -0.25) is 9.98 Å². The highest BCUT2D eigenvalue weighted by atomic mass is 127. The van der Waals surface area contributed by atoms with Crippen molar-refractivity contribution in [3.63, 3.8) is 0 Å². The van der Waals surface area contributed by atoms with Crippen LogP contribution in [0.2, 0.25) is 0 Å². The third kappa shape index (κ3) is 7.83. The van der Waals surface area contributed by atoms with Crippen molar-refractivity contribution in [3.8, 4) is 0 Å². The molecule has 0 spiro atoms. The van der Waals surface area contributed by atoms with Gasteiger partial charge in [0.25, 0.3) is 0 Å². The van der Waals surface area contributed by atoms with Gasteiger partial charge in [-0.2, -0.15) is 0 Å². The second-order valence-corrected chi connectivity index (χ2v) is 5.75. The summed E-state index contributed by atoms with van der Waals surface area (Å²) in [4.78, 5) is 10.9. The highest BCUT2D eigenvalue weighted by molar-refractivity contribution is 14.0. The molecule has 136 valence electrons. The summed E-state index contributed by atoms with van der Waals surface area (Å²) in [6.07, 6.45) is 1.80. The van der Waals surface area contributed by atoms with Crippen LogP contribution in [0.25, 0.3) is 0 Å². The molecule has 2 N–H and O–H groups in total. The van der Waals surface area contributed by atoms with Gasteiger partial charge in [-0.1, -0.05) is 37.3 Å². The summed E-state index contributed by atoms with van der Waals surface area (Å²) in [5, 5.41) is 6.63. The van der Waals surface area contributed by atoms with Gasteiger partial charge in [0.05, 0.1) is 12.2 Å². The lowest BCUT2D eigenvalue weighted by Gasteiger charge is -2.15. The van der Waals surface area contributed by atoms with E-state index in [1.54, 1.807) is 13.2 Å². The van der Waals surface area contributed by atoms with Crippen LogP contribution in [0.15, 0.2) is 53.7 Å². The van der Waals surface area contributed by atoms with Crippen LogP contribution in [-0.4, -0.2) is 36.5 Å². The van der Waals surface area contributed by atoms with E-state index in [0.717, 1.165) is 31.3 Å². The van der Waals surface area contributed by atoms with Crippen molar-refractivity contribution in [3.05, 3.63) is 65.5 Å². The number of aromatic nitrogens is 1. The highest BCUT2D eigenvalue weighted by Gasteiger charge is 2.02. The van der Waals surface area contributed by atoms with Crippen molar-refractivity contribution in [1.82, 2.24) is 20.5 Å². The number of hydrogen-bond acceptors (Lipinski definition) is 3. The van der Waals surface area contributed by atoms with Crippen LogP contribution in [0.3, 0.4) is 0 Å². The number of nitrogens with zero attached hydrogens (tertiary/aromatic N) is 3. The van der Waals surface area contributed by atoms with Crippen LogP contribution in [0.4, 0.5) is 0 Å². The van der Waals surface area contributed by atoms with E-state index in [2.05, 4.69) is 63.7 Å². The Balaban J connectivity index is 0.00000312. The molecule has 0 aliphatic rings. The Morgan fingerprint density at radius 1 is 1.08 bits per heavy atom. The van der Waals surface area contributed by atoms with Gasteiger partial charge in [-0.05, 0) is 36.9 Å². The molecule has 2 rings (SSSR count). The van der Waals surface area contributed by atoms with Gasteiger partial charge in [0.15, 0.2) is 5.96 Å². The zero-order chi connectivity index (χ0) is 17.2. The zero-order valence-electron chi connectivity index (χ0n) is 15.2. The van der Waals surface area contributed by atoms with Gasteiger partial charge in [0.2, 0.25) is 0 Å². The first-order valence-corrected chi connectivity index (χ1v) is 8.32. The molecule has 0 radical (unpaired) electrons.